The van der Waals surface area contributed by atoms with Crippen molar-refractivity contribution in [2.75, 3.05) is 33.4 Å². The molecule has 6 nitrogen and oxygen atoms in total. The van der Waals surface area contributed by atoms with E-state index in [-0.39, 0.29) is 11.8 Å². The molecule has 1 N–H and O–H groups in total. The molecule has 0 spiro atoms. The van der Waals surface area contributed by atoms with Gasteiger partial charge in [0.25, 0.3) is 0 Å². The first-order valence-electron chi connectivity index (χ1n) is 7.33. The highest BCUT2D eigenvalue weighted by Crippen LogP contribution is 2.23. The maximum absolute atomic E-state index is 12.7. The van der Waals surface area contributed by atoms with Crippen LogP contribution in [0.2, 0.25) is 0 Å². The van der Waals surface area contributed by atoms with Gasteiger partial charge in [0.15, 0.2) is 0 Å². The standard InChI is InChI=1S/C14H24N2O4/c1-10-3-6-16(9-10)13(17)12(15-14(18)19-2)11-4-7-20-8-5-11/h10-12H,3-9H2,1-2H3,(H,15,18)/t10-,12-/m0/s1. The van der Waals surface area contributed by atoms with Crippen molar-refractivity contribution in [3.8, 4) is 0 Å². The van der Waals surface area contributed by atoms with E-state index >= 15 is 0 Å². The highest BCUT2D eigenvalue weighted by atomic mass is 16.5. The number of alkyl carbamates (subject to hydrolysis) is 1. The second-order valence-electron chi connectivity index (χ2n) is 5.74. The quantitative estimate of drug-likeness (QED) is 0.839. The van der Waals surface area contributed by atoms with Gasteiger partial charge in [0.05, 0.1) is 7.11 Å². The summed E-state index contributed by atoms with van der Waals surface area (Å²) in [6.45, 7) is 5.00. The van der Waals surface area contributed by atoms with Gasteiger partial charge >= 0.3 is 6.09 Å². The number of hydrogen-bond donors (Lipinski definition) is 1. The molecule has 0 saturated carbocycles. The summed E-state index contributed by atoms with van der Waals surface area (Å²) in [5.41, 5.74) is 0. The average Bonchev–Trinajstić information content (AvgIpc) is 2.91. The fourth-order valence-electron chi connectivity index (χ4n) is 2.95. The highest BCUT2D eigenvalue weighted by molar-refractivity contribution is 5.86. The lowest BCUT2D eigenvalue weighted by molar-refractivity contribution is -0.134. The van der Waals surface area contributed by atoms with E-state index in [9.17, 15) is 9.59 Å². The number of likely N-dealkylation sites (tertiary alicyclic amines) is 1. The van der Waals surface area contributed by atoms with Gasteiger partial charge in [-0.3, -0.25) is 4.79 Å². The molecule has 2 aliphatic rings. The summed E-state index contributed by atoms with van der Waals surface area (Å²) < 4.78 is 9.99. The van der Waals surface area contributed by atoms with Gasteiger partial charge in [-0.1, -0.05) is 6.92 Å². The van der Waals surface area contributed by atoms with Crippen LogP contribution in [0.15, 0.2) is 0 Å². The Morgan fingerprint density at radius 2 is 2.00 bits per heavy atom. The van der Waals surface area contributed by atoms with Gasteiger partial charge < -0.3 is 19.7 Å². The predicted octanol–water partition coefficient (Wildman–Crippen LogP) is 1.01. The minimum absolute atomic E-state index is 0.0200. The van der Waals surface area contributed by atoms with Crippen LogP contribution in [-0.4, -0.2) is 56.4 Å². The van der Waals surface area contributed by atoms with E-state index in [1.807, 2.05) is 4.90 Å². The van der Waals surface area contributed by atoms with Crippen LogP contribution >= 0.6 is 0 Å². The molecule has 114 valence electrons. The average molecular weight is 284 g/mol. The molecular formula is C14H24N2O4. The molecule has 2 heterocycles. The molecule has 0 bridgehead atoms. The summed E-state index contributed by atoms with van der Waals surface area (Å²) in [4.78, 5) is 26.0. The summed E-state index contributed by atoms with van der Waals surface area (Å²) in [7, 11) is 1.32. The largest absolute Gasteiger partial charge is 0.453 e. The van der Waals surface area contributed by atoms with Crippen LogP contribution in [0.25, 0.3) is 0 Å². The van der Waals surface area contributed by atoms with Crippen molar-refractivity contribution in [2.24, 2.45) is 11.8 Å². The van der Waals surface area contributed by atoms with Crippen LogP contribution in [0.4, 0.5) is 4.79 Å². The van der Waals surface area contributed by atoms with Gasteiger partial charge in [-0.05, 0) is 31.1 Å². The zero-order valence-corrected chi connectivity index (χ0v) is 12.3. The Hall–Kier alpha value is -1.30. The lowest BCUT2D eigenvalue weighted by Crippen LogP contribution is -2.52. The maximum Gasteiger partial charge on any atom is 0.407 e. The third-order valence-electron chi connectivity index (χ3n) is 4.20. The molecule has 2 atom stereocenters. The molecule has 20 heavy (non-hydrogen) atoms. The van der Waals surface area contributed by atoms with Gasteiger partial charge in [0, 0.05) is 26.3 Å². The number of rotatable bonds is 3. The smallest absolute Gasteiger partial charge is 0.407 e. The van der Waals surface area contributed by atoms with Crippen LogP contribution in [0.3, 0.4) is 0 Å². The first-order chi connectivity index (χ1) is 9.61. The van der Waals surface area contributed by atoms with Crippen molar-refractivity contribution in [1.29, 1.82) is 0 Å². The van der Waals surface area contributed by atoms with E-state index in [2.05, 4.69) is 17.0 Å². The van der Waals surface area contributed by atoms with E-state index in [0.29, 0.717) is 19.1 Å². The van der Waals surface area contributed by atoms with Gasteiger partial charge in [-0.15, -0.1) is 0 Å². The molecule has 0 aromatic heterocycles. The van der Waals surface area contributed by atoms with Crippen LogP contribution in [0, 0.1) is 11.8 Å². The van der Waals surface area contributed by atoms with Gasteiger partial charge in [0.2, 0.25) is 5.91 Å². The first kappa shape index (κ1) is 15.1. The van der Waals surface area contributed by atoms with E-state index < -0.39 is 12.1 Å². The second kappa shape index (κ2) is 6.92. The minimum Gasteiger partial charge on any atom is -0.453 e. The molecule has 0 unspecified atom stereocenters. The van der Waals surface area contributed by atoms with E-state index in [4.69, 9.17) is 4.74 Å². The summed E-state index contributed by atoms with van der Waals surface area (Å²) in [5, 5.41) is 2.72. The number of carbonyl (C=O) groups is 2. The number of methoxy groups -OCH3 is 1. The Labute approximate surface area is 119 Å². The molecule has 2 fully saturated rings. The number of amides is 2. The Bertz CT molecular complexity index is 355. The molecule has 0 aromatic carbocycles. The number of nitrogens with one attached hydrogen (secondary N) is 1. The van der Waals surface area contributed by atoms with Crippen molar-refractivity contribution >= 4 is 12.0 Å². The van der Waals surface area contributed by atoms with Crippen molar-refractivity contribution in [2.45, 2.75) is 32.2 Å². The molecule has 2 amide bonds. The monoisotopic (exact) mass is 284 g/mol. The lowest BCUT2D eigenvalue weighted by Gasteiger charge is -2.32. The molecule has 0 aliphatic carbocycles. The van der Waals surface area contributed by atoms with Crippen molar-refractivity contribution in [1.82, 2.24) is 10.2 Å². The summed E-state index contributed by atoms with van der Waals surface area (Å²) >= 11 is 0. The third kappa shape index (κ3) is 3.62. The molecular weight excluding hydrogens is 260 g/mol. The Morgan fingerprint density at radius 3 is 2.55 bits per heavy atom. The van der Waals surface area contributed by atoms with Crippen molar-refractivity contribution in [3.05, 3.63) is 0 Å². The molecule has 0 radical (unpaired) electrons. The fraction of sp³-hybridized carbons (Fsp3) is 0.857. The van der Waals surface area contributed by atoms with E-state index in [1.165, 1.54) is 7.11 Å². The zero-order valence-electron chi connectivity index (χ0n) is 12.3. The molecule has 2 aliphatic heterocycles. The van der Waals surface area contributed by atoms with E-state index in [1.54, 1.807) is 0 Å². The van der Waals surface area contributed by atoms with Crippen LogP contribution in [0.5, 0.6) is 0 Å². The SMILES string of the molecule is COC(=O)N[C@H](C(=O)N1CC[C@H](C)C1)C1CCOCC1. The number of hydrogen-bond acceptors (Lipinski definition) is 4. The molecule has 2 saturated heterocycles. The maximum atomic E-state index is 12.7. The van der Waals surface area contributed by atoms with Crippen molar-refractivity contribution in [3.63, 3.8) is 0 Å². The lowest BCUT2D eigenvalue weighted by atomic mass is 9.91. The Balaban J connectivity index is 2.04. The summed E-state index contributed by atoms with van der Waals surface area (Å²) in [6.07, 6.45) is 2.08. The Kier molecular flexibility index (Phi) is 5.23. The van der Waals surface area contributed by atoms with Gasteiger partial charge in [-0.2, -0.15) is 0 Å². The minimum atomic E-state index is -0.540. The topological polar surface area (TPSA) is 67.9 Å². The summed E-state index contributed by atoms with van der Waals surface area (Å²) in [5.74, 6) is 0.685. The normalized spacial score (nSPS) is 25.3. The molecule has 2 rings (SSSR count). The fourth-order valence-corrected chi connectivity index (χ4v) is 2.95. The van der Waals surface area contributed by atoms with Crippen LogP contribution in [-0.2, 0) is 14.3 Å². The second-order valence-corrected chi connectivity index (χ2v) is 5.74. The zero-order chi connectivity index (χ0) is 14.5. The molecule has 6 heteroatoms. The Morgan fingerprint density at radius 1 is 1.30 bits per heavy atom. The first-order valence-corrected chi connectivity index (χ1v) is 7.33. The van der Waals surface area contributed by atoms with Gasteiger partial charge in [-0.25, -0.2) is 4.79 Å². The van der Waals surface area contributed by atoms with Gasteiger partial charge in [0.1, 0.15) is 6.04 Å². The number of carbonyl (C=O) groups excluding carboxylic acids is 2. The van der Waals surface area contributed by atoms with Crippen LogP contribution < -0.4 is 5.32 Å². The van der Waals surface area contributed by atoms with Crippen LogP contribution in [0.1, 0.15) is 26.2 Å². The van der Waals surface area contributed by atoms with Crippen molar-refractivity contribution < 1.29 is 19.1 Å². The highest BCUT2D eigenvalue weighted by Gasteiger charge is 2.36. The predicted molar refractivity (Wildman–Crippen MR) is 73.2 cm³/mol. The summed E-state index contributed by atoms with van der Waals surface area (Å²) in [6, 6.07) is -0.489. The third-order valence-corrected chi connectivity index (χ3v) is 4.20. The number of nitrogens with zero attached hydrogens (tertiary/aromatic N) is 1. The van der Waals surface area contributed by atoms with E-state index in [0.717, 1.165) is 32.4 Å². The number of ether oxygens (including phenoxy) is 2. The molecule has 0 aromatic rings.